The Morgan fingerprint density at radius 3 is 2.43 bits per heavy atom. The molecule has 0 saturated heterocycles. The van der Waals surface area contributed by atoms with Crippen molar-refractivity contribution in [2.75, 3.05) is 0 Å². The number of hydrogen-bond donors (Lipinski definition) is 0. The number of aryl methyl sites for hydroxylation is 1. The lowest BCUT2D eigenvalue weighted by molar-refractivity contribution is 0.423. The molecule has 0 saturated carbocycles. The van der Waals surface area contributed by atoms with E-state index in [1.807, 2.05) is 6.20 Å². The van der Waals surface area contributed by atoms with E-state index >= 15 is 0 Å². The zero-order valence-electron chi connectivity index (χ0n) is 17.9. The summed E-state index contributed by atoms with van der Waals surface area (Å²) < 4.78 is 0. The van der Waals surface area contributed by atoms with E-state index in [2.05, 4.69) is 106 Å². The van der Waals surface area contributed by atoms with Gasteiger partial charge in [-0.05, 0) is 58.5 Å². The minimum absolute atomic E-state index is 0.189. The van der Waals surface area contributed by atoms with Gasteiger partial charge in [-0.15, -0.1) is 0 Å². The predicted octanol–water partition coefficient (Wildman–Crippen LogP) is 7.04. The summed E-state index contributed by atoms with van der Waals surface area (Å²) >= 11 is 0. The molecule has 0 bridgehead atoms. The fraction of sp³-hybridized carbons (Fsp3) is 0.308. The van der Waals surface area contributed by atoms with Gasteiger partial charge in [0.05, 0.1) is 14.8 Å². The summed E-state index contributed by atoms with van der Waals surface area (Å²) in [5.74, 6) is 0.583. The van der Waals surface area contributed by atoms with Crippen LogP contribution in [0, 0.1) is 12.8 Å². The zero-order valence-corrected chi connectivity index (χ0v) is 19.1. The van der Waals surface area contributed by atoms with Crippen molar-refractivity contribution >= 4 is 8.80 Å². The molecule has 0 aliphatic carbocycles. The van der Waals surface area contributed by atoms with Crippen LogP contribution in [0.4, 0.5) is 0 Å². The first-order chi connectivity index (χ1) is 13.5. The summed E-state index contributed by atoms with van der Waals surface area (Å²) in [7, 11) is -0.934. The van der Waals surface area contributed by atoms with Crippen molar-refractivity contribution in [1.82, 2.24) is 4.90 Å². The lowest BCUT2D eigenvalue weighted by atomic mass is 9.86. The second kappa shape index (κ2) is 8.79. The van der Waals surface area contributed by atoms with Crippen LogP contribution >= 0.6 is 0 Å². The predicted molar refractivity (Wildman–Crippen MR) is 126 cm³/mol. The smallest absolute Gasteiger partial charge is 0.0777 e. The summed E-state index contributed by atoms with van der Waals surface area (Å²) in [6.45, 7) is 15.9. The molecule has 0 radical (unpaired) electrons. The molecule has 0 aromatic heterocycles. The molecule has 0 amide bonds. The third kappa shape index (κ3) is 3.93. The summed E-state index contributed by atoms with van der Waals surface area (Å²) in [5.41, 5.74) is 6.86. The van der Waals surface area contributed by atoms with Gasteiger partial charge in [0, 0.05) is 6.20 Å². The highest BCUT2D eigenvalue weighted by Crippen LogP contribution is 2.41. The fourth-order valence-electron chi connectivity index (χ4n) is 4.16. The van der Waals surface area contributed by atoms with E-state index in [1.165, 1.54) is 28.7 Å². The first kappa shape index (κ1) is 20.4. The van der Waals surface area contributed by atoms with Crippen LogP contribution in [0.2, 0.25) is 13.1 Å². The number of benzene rings is 2. The molecule has 0 spiro atoms. The van der Waals surface area contributed by atoms with Crippen molar-refractivity contribution < 1.29 is 0 Å². The lowest BCUT2D eigenvalue weighted by Gasteiger charge is -2.36. The number of allylic oxidation sites excluding steroid dienone is 2. The highest BCUT2D eigenvalue weighted by Gasteiger charge is 2.28. The molecular formula is C26H33NSi. The SMILES string of the molecule is C=CN1C=C([SiH](C)C)C(C(C)CC)=CC1c1c(C)cccc1-c1ccccc1. The van der Waals surface area contributed by atoms with Gasteiger partial charge in [0.25, 0.3) is 0 Å². The summed E-state index contributed by atoms with van der Waals surface area (Å²) in [6, 6.07) is 17.6. The van der Waals surface area contributed by atoms with Crippen molar-refractivity contribution in [3.8, 4) is 11.1 Å². The number of nitrogens with zero attached hydrogens (tertiary/aromatic N) is 1. The summed E-state index contributed by atoms with van der Waals surface area (Å²) in [5, 5.41) is 1.57. The van der Waals surface area contributed by atoms with Gasteiger partial charge in [-0.3, -0.25) is 0 Å². The molecule has 3 rings (SSSR count). The minimum atomic E-state index is -0.934. The summed E-state index contributed by atoms with van der Waals surface area (Å²) in [6.07, 6.45) is 8.07. The van der Waals surface area contributed by atoms with Gasteiger partial charge in [0.2, 0.25) is 0 Å². The Hall–Kier alpha value is -2.32. The standard InChI is InChI=1S/C26H33NSi/c1-7-19(3)23-17-24(27(8-2)18-25(23)28(5)6)26-20(4)13-12-16-22(26)21-14-10-9-11-15-21/h8-19,24,28H,2,7H2,1,3-6H3. The Kier molecular flexibility index (Phi) is 6.41. The third-order valence-corrected chi connectivity index (χ3v) is 7.69. The molecule has 2 aromatic rings. The maximum absolute atomic E-state index is 4.14. The van der Waals surface area contributed by atoms with Crippen LogP contribution < -0.4 is 0 Å². The second-order valence-corrected chi connectivity index (χ2v) is 11.1. The molecular weight excluding hydrogens is 354 g/mol. The topological polar surface area (TPSA) is 3.24 Å². The number of rotatable bonds is 6. The van der Waals surface area contributed by atoms with Crippen LogP contribution in [0.25, 0.3) is 11.1 Å². The Morgan fingerprint density at radius 2 is 1.82 bits per heavy atom. The molecule has 2 unspecified atom stereocenters. The van der Waals surface area contributed by atoms with E-state index in [1.54, 1.807) is 10.8 Å². The average molecular weight is 388 g/mol. The monoisotopic (exact) mass is 387 g/mol. The van der Waals surface area contributed by atoms with Gasteiger partial charge in [-0.1, -0.05) is 88.1 Å². The van der Waals surface area contributed by atoms with E-state index in [0.29, 0.717) is 5.92 Å². The van der Waals surface area contributed by atoms with Crippen LogP contribution in [0.5, 0.6) is 0 Å². The lowest BCUT2D eigenvalue weighted by Crippen LogP contribution is -2.27. The molecule has 0 fully saturated rings. The van der Waals surface area contributed by atoms with Crippen molar-refractivity contribution in [3.63, 3.8) is 0 Å². The second-order valence-electron chi connectivity index (χ2n) is 8.15. The molecule has 0 N–H and O–H groups in total. The Bertz CT molecular complexity index is 892. The molecule has 2 atom stereocenters. The van der Waals surface area contributed by atoms with E-state index in [-0.39, 0.29) is 6.04 Å². The molecule has 1 aliphatic heterocycles. The summed E-state index contributed by atoms with van der Waals surface area (Å²) in [4.78, 5) is 2.32. The van der Waals surface area contributed by atoms with Crippen LogP contribution in [0.3, 0.4) is 0 Å². The molecule has 146 valence electrons. The van der Waals surface area contributed by atoms with Crippen molar-refractivity contribution in [1.29, 1.82) is 0 Å². The molecule has 1 heterocycles. The van der Waals surface area contributed by atoms with Crippen molar-refractivity contribution in [2.24, 2.45) is 5.92 Å². The Labute approximate surface area is 172 Å². The number of hydrogen-bond acceptors (Lipinski definition) is 1. The zero-order chi connectivity index (χ0) is 20.3. The van der Waals surface area contributed by atoms with Crippen LogP contribution in [-0.2, 0) is 0 Å². The van der Waals surface area contributed by atoms with Crippen molar-refractivity contribution in [2.45, 2.75) is 46.3 Å². The van der Waals surface area contributed by atoms with Gasteiger partial charge in [-0.2, -0.15) is 0 Å². The van der Waals surface area contributed by atoms with Gasteiger partial charge < -0.3 is 4.90 Å². The minimum Gasteiger partial charge on any atom is -0.344 e. The highest BCUT2D eigenvalue weighted by atomic mass is 28.3. The van der Waals surface area contributed by atoms with Crippen LogP contribution in [0.15, 0.2) is 84.4 Å². The van der Waals surface area contributed by atoms with E-state index in [4.69, 9.17) is 0 Å². The third-order valence-electron chi connectivity index (χ3n) is 5.96. The van der Waals surface area contributed by atoms with Gasteiger partial charge in [0.1, 0.15) is 0 Å². The van der Waals surface area contributed by atoms with Gasteiger partial charge in [-0.25, -0.2) is 0 Å². The van der Waals surface area contributed by atoms with Crippen molar-refractivity contribution in [3.05, 3.63) is 95.5 Å². The van der Waals surface area contributed by atoms with Crippen LogP contribution in [-0.4, -0.2) is 13.7 Å². The largest absolute Gasteiger partial charge is 0.344 e. The Morgan fingerprint density at radius 1 is 1.11 bits per heavy atom. The molecule has 2 heteroatoms. The molecule has 1 nitrogen and oxygen atoms in total. The average Bonchev–Trinajstić information content (AvgIpc) is 2.72. The van der Waals surface area contributed by atoms with Gasteiger partial charge >= 0.3 is 0 Å². The maximum Gasteiger partial charge on any atom is 0.0777 e. The maximum atomic E-state index is 4.14. The quantitative estimate of drug-likeness (QED) is 0.480. The first-order valence-corrected chi connectivity index (χ1v) is 13.3. The highest BCUT2D eigenvalue weighted by molar-refractivity contribution is 6.65. The van der Waals surface area contributed by atoms with Gasteiger partial charge in [0.15, 0.2) is 0 Å². The molecule has 1 aliphatic rings. The van der Waals surface area contributed by atoms with E-state index in [9.17, 15) is 0 Å². The fourth-order valence-corrected chi connectivity index (χ4v) is 5.68. The first-order valence-electron chi connectivity index (χ1n) is 10.5. The molecule has 28 heavy (non-hydrogen) atoms. The van der Waals surface area contributed by atoms with Crippen LogP contribution in [0.1, 0.15) is 37.4 Å². The van der Waals surface area contributed by atoms with E-state index < -0.39 is 8.80 Å². The molecule has 2 aromatic carbocycles. The van der Waals surface area contributed by atoms with E-state index in [0.717, 1.165) is 0 Å². The normalized spacial score (nSPS) is 17.9. The Balaban J connectivity index is 2.20.